The third-order valence-corrected chi connectivity index (χ3v) is 1.07. The Morgan fingerprint density at radius 3 is 2.67 bits per heavy atom. The summed E-state index contributed by atoms with van der Waals surface area (Å²) in [6.45, 7) is 5.32. The number of hydrogen-bond acceptors (Lipinski definition) is 2. The third-order valence-electron chi connectivity index (χ3n) is 0.746. The molecule has 0 radical (unpaired) electrons. The van der Waals surface area contributed by atoms with Gasteiger partial charge in [0.25, 0.3) is 0 Å². The number of ketones is 1. The quantitative estimate of drug-likeness (QED) is 0.384. The van der Waals surface area contributed by atoms with Crippen LogP contribution in [0.2, 0.25) is 0 Å². The molecule has 0 saturated carbocycles. The molecule has 0 rings (SSSR count). The molecule has 9 heavy (non-hydrogen) atoms. The van der Waals surface area contributed by atoms with Gasteiger partial charge in [0, 0.05) is 12.3 Å². The second-order valence-corrected chi connectivity index (χ2v) is 2.31. The van der Waals surface area contributed by atoms with Crippen LogP contribution >= 0.6 is 15.9 Å². The van der Waals surface area contributed by atoms with Crippen molar-refractivity contribution in [1.29, 1.82) is 0 Å². The summed E-state index contributed by atoms with van der Waals surface area (Å²) in [5, 5.41) is 0.722. The van der Waals surface area contributed by atoms with Crippen molar-refractivity contribution in [1.82, 2.24) is 0 Å². The number of allylic oxidation sites excluding steroid dienone is 1. The number of hydrogen-bond donors (Lipinski definition) is 0. The number of carbonyl (C=O) groups is 1. The molecule has 0 amide bonds. The highest BCUT2D eigenvalue weighted by molar-refractivity contribution is 9.09. The maximum atomic E-state index is 10.4. The lowest BCUT2D eigenvalue weighted by Gasteiger charge is -2.01. The van der Waals surface area contributed by atoms with E-state index < -0.39 is 0 Å². The Morgan fingerprint density at radius 2 is 2.33 bits per heavy atom. The van der Waals surface area contributed by atoms with Crippen LogP contribution in [0.15, 0.2) is 12.3 Å². The number of rotatable bonds is 4. The highest BCUT2D eigenvalue weighted by Crippen LogP contribution is 1.94. The van der Waals surface area contributed by atoms with Gasteiger partial charge < -0.3 is 4.74 Å². The van der Waals surface area contributed by atoms with Crippen molar-refractivity contribution in [3.63, 3.8) is 0 Å². The van der Waals surface area contributed by atoms with Crippen LogP contribution in [0, 0.1) is 0 Å². The van der Waals surface area contributed by atoms with Gasteiger partial charge in [0.2, 0.25) is 0 Å². The molecule has 0 spiro atoms. The molecule has 0 saturated heterocycles. The first kappa shape index (κ1) is 8.69. The molecule has 0 aromatic rings. The van der Waals surface area contributed by atoms with E-state index in [1.165, 1.54) is 6.92 Å². The van der Waals surface area contributed by atoms with E-state index in [-0.39, 0.29) is 11.5 Å². The summed E-state index contributed by atoms with van der Waals surface area (Å²) in [7, 11) is 0. The molecule has 0 aliphatic carbocycles. The summed E-state index contributed by atoms with van der Waals surface area (Å²) in [6.07, 6.45) is 0. The fraction of sp³-hybridized carbons (Fsp3) is 0.500. The lowest BCUT2D eigenvalue weighted by atomic mass is 10.4. The van der Waals surface area contributed by atoms with Gasteiger partial charge in [-0.05, 0) is 0 Å². The Labute approximate surface area is 63.0 Å². The second-order valence-electron chi connectivity index (χ2n) is 1.52. The maximum absolute atomic E-state index is 10.4. The van der Waals surface area contributed by atoms with Crippen LogP contribution in [0.3, 0.4) is 0 Å². The van der Waals surface area contributed by atoms with E-state index in [0.717, 1.165) is 5.33 Å². The van der Waals surface area contributed by atoms with Crippen molar-refractivity contribution >= 4 is 21.7 Å². The minimum absolute atomic E-state index is 0.115. The molecule has 0 N–H and O–H groups in total. The molecule has 0 aromatic carbocycles. The van der Waals surface area contributed by atoms with Crippen molar-refractivity contribution in [2.24, 2.45) is 0 Å². The molecule has 2 nitrogen and oxygen atoms in total. The Morgan fingerprint density at radius 1 is 1.78 bits per heavy atom. The standard InChI is InChI=1S/C6H9BrO2/c1-5(8)6(2)9-4-3-7/h2-4H2,1H3. The van der Waals surface area contributed by atoms with Crippen LogP contribution < -0.4 is 0 Å². The molecule has 0 bridgehead atoms. The first-order chi connectivity index (χ1) is 4.18. The predicted molar refractivity (Wildman–Crippen MR) is 39.6 cm³/mol. The van der Waals surface area contributed by atoms with Gasteiger partial charge in [-0.3, -0.25) is 4.79 Å². The van der Waals surface area contributed by atoms with E-state index in [0.29, 0.717) is 6.61 Å². The molecule has 0 heterocycles. The summed E-state index contributed by atoms with van der Waals surface area (Å²) >= 11 is 3.15. The normalized spacial score (nSPS) is 8.67. The zero-order valence-corrected chi connectivity index (χ0v) is 6.90. The molecular weight excluding hydrogens is 184 g/mol. The monoisotopic (exact) mass is 192 g/mol. The molecule has 0 unspecified atom stereocenters. The van der Waals surface area contributed by atoms with Gasteiger partial charge in [-0.25, -0.2) is 0 Å². The van der Waals surface area contributed by atoms with Crippen molar-refractivity contribution in [2.75, 3.05) is 11.9 Å². The average Bonchev–Trinajstić information content (AvgIpc) is 1.82. The molecule has 0 aliphatic heterocycles. The molecule has 0 aromatic heterocycles. The second kappa shape index (κ2) is 4.56. The lowest BCUT2D eigenvalue weighted by Crippen LogP contribution is -2.01. The van der Waals surface area contributed by atoms with E-state index in [2.05, 4.69) is 22.5 Å². The van der Waals surface area contributed by atoms with Gasteiger partial charge in [-0.2, -0.15) is 0 Å². The molecule has 0 aliphatic rings. The van der Waals surface area contributed by atoms with Gasteiger partial charge in [0.15, 0.2) is 11.5 Å². The summed E-state index contributed by atoms with van der Waals surface area (Å²) in [6, 6.07) is 0. The summed E-state index contributed by atoms with van der Waals surface area (Å²) < 4.78 is 4.86. The van der Waals surface area contributed by atoms with E-state index in [1.54, 1.807) is 0 Å². The number of Topliss-reactive ketones (excluding diaryl/α,β-unsaturated/α-hetero) is 1. The topological polar surface area (TPSA) is 26.3 Å². The first-order valence-electron chi connectivity index (χ1n) is 2.57. The van der Waals surface area contributed by atoms with Crippen LogP contribution in [0.1, 0.15) is 6.92 Å². The summed E-state index contributed by atoms with van der Waals surface area (Å²) in [4.78, 5) is 10.4. The van der Waals surface area contributed by atoms with Crippen molar-refractivity contribution in [2.45, 2.75) is 6.92 Å². The first-order valence-corrected chi connectivity index (χ1v) is 3.69. The van der Waals surface area contributed by atoms with Crippen LogP contribution in [0.25, 0.3) is 0 Å². The minimum atomic E-state index is -0.115. The summed E-state index contributed by atoms with van der Waals surface area (Å²) in [5.41, 5.74) is 0. The average molecular weight is 193 g/mol. The zero-order chi connectivity index (χ0) is 7.28. The number of ether oxygens (including phenoxy) is 1. The Balaban J connectivity index is 3.39. The van der Waals surface area contributed by atoms with Gasteiger partial charge in [0.1, 0.15) is 0 Å². The van der Waals surface area contributed by atoms with Crippen LogP contribution in [0.5, 0.6) is 0 Å². The van der Waals surface area contributed by atoms with Gasteiger partial charge in [-0.15, -0.1) is 0 Å². The molecule has 0 fully saturated rings. The van der Waals surface area contributed by atoms with Crippen molar-refractivity contribution in [3.8, 4) is 0 Å². The van der Waals surface area contributed by atoms with Gasteiger partial charge >= 0.3 is 0 Å². The molecular formula is C6H9BrO2. The maximum Gasteiger partial charge on any atom is 0.193 e. The largest absolute Gasteiger partial charge is 0.490 e. The fourth-order valence-corrected chi connectivity index (χ4v) is 0.425. The van der Waals surface area contributed by atoms with Crippen molar-refractivity contribution in [3.05, 3.63) is 12.3 Å². The molecule has 3 heteroatoms. The smallest absolute Gasteiger partial charge is 0.193 e. The van der Waals surface area contributed by atoms with Crippen LogP contribution in [0.4, 0.5) is 0 Å². The van der Waals surface area contributed by atoms with E-state index >= 15 is 0 Å². The Hall–Kier alpha value is -0.310. The fourth-order valence-electron chi connectivity index (χ4n) is 0.263. The predicted octanol–water partition coefficient (Wildman–Crippen LogP) is 1.50. The van der Waals surface area contributed by atoms with E-state index in [9.17, 15) is 4.79 Å². The summed E-state index contributed by atoms with van der Waals surface area (Å²) in [5.74, 6) is 0.116. The highest BCUT2D eigenvalue weighted by atomic mass is 79.9. The molecule has 0 atom stereocenters. The minimum Gasteiger partial charge on any atom is -0.490 e. The van der Waals surface area contributed by atoms with Crippen LogP contribution in [-0.4, -0.2) is 17.7 Å². The van der Waals surface area contributed by atoms with Crippen molar-refractivity contribution < 1.29 is 9.53 Å². The van der Waals surface area contributed by atoms with E-state index in [1.807, 2.05) is 0 Å². The highest BCUT2D eigenvalue weighted by Gasteiger charge is 1.98. The SMILES string of the molecule is C=C(OCCBr)C(C)=O. The third kappa shape index (κ3) is 4.21. The number of halogens is 1. The Bertz CT molecular complexity index is 120. The number of alkyl halides is 1. The Kier molecular flexibility index (Phi) is 4.40. The van der Waals surface area contributed by atoms with Gasteiger partial charge in [0.05, 0.1) is 6.61 Å². The van der Waals surface area contributed by atoms with Gasteiger partial charge in [-0.1, -0.05) is 22.5 Å². The van der Waals surface area contributed by atoms with E-state index in [4.69, 9.17) is 4.74 Å². The van der Waals surface area contributed by atoms with Crippen LogP contribution in [-0.2, 0) is 9.53 Å². The lowest BCUT2D eigenvalue weighted by molar-refractivity contribution is -0.116. The molecule has 52 valence electrons. The zero-order valence-electron chi connectivity index (χ0n) is 5.32. The number of carbonyl (C=O) groups excluding carboxylic acids is 1.